The quantitative estimate of drug-likeness (QED) is 0.734. The molecule has 0 aliphatic rings. The Hall–Kier alpha value is -1.72. The molecule has 0 amide bonds. The highest BCUT2D eigenvalue weighted by Gasteiger charge is 2.10. The maximum atomic E-state index is 10.5. The molecule has 0 saturated heterocycles. The lowest BCUT2D eigenvalue weighted by Crippen LogP contribution is -1.88. The molecule has 0 aliphatic carbocycles. The lowest BCUT2D eigenvalue weighted by atomic mass is 10.1. The fourth-order valence-corrected chi connectivity index (χ4v) is 2.39. The Balaban J connectivity index is 2.29. The van der Waals surface area contributed by atoms with Gasteiger partial charge in [-0.2, -0.15) is 8.42 Å². The zero-order valence-corrected chi connectivity index (χ0v) is 10.6. The number of para-hydroxylation sites is 1. The SMILES string of the molecule is O=[SH](=O)Oc1ccc2c(c1)oc1c(Cl)cccc12. The van der Waals surface area contributed by atoms with Crippen LogP contribution in [0, 0.1) is 0 Å². The molecular formula is C12H7ClO4S. The number of hydrogen-bond acceptors (Lipinski definition) is 4. The van der Waals surface area contributed by atoms with Gasteiger partial charge in [0.05, 0.1) is 5.02 Å². The second kappa shape index (κ2) is 4.19. The van der Waals surface area contributed by atoms with Crippen molar-refractivity contribution < 1.29 is 17.0 Å². The van der Waals surface area contributed by atoms with Crippen LogP contribution in [0.4, 0.5) is 0 Å². The summed E-state index contributed by atoms with van der Waals surface area (Å²) in [6.45, 7) is 0. The van der Waals surface area contributed by atoms with Gasteiger partial charge < -0.3 is 8.60 Å². The molecule has 3 rings (SSSR count). The van der Waals surface area contributed by atoms with Crippen LogP contribution in [-0.4, -0.2) is 8.42 Å². The van der Waals surface area contributed by atoms with Crippen molar-refractivity contribution in [3.63, 3.8) is 0 Å². The van der Waals surface area contributed by atoms with Crippen LogP contribution in [0.5, 0.6) is 5.75 Å². The fraction of sp³-hybridized carbons (Fsp3) is 0. The van der Waals surface area contributed by atoms with E-state index in [1.54, 1.807) is 18.2 Å². The van der Waals surface area contributed by atoms with Crippen LogP contribution in [-0.2, 0) is 11.0 Å². The highest BCUT2D eigenvalue weighted by atomic mass is 35.5. The molecule has 1 heterocycles. The lowest BCUT2D eigenvalue weighted by molar-refractivity contribution is 0.510. The third kappa shape index (κ3) is 1.81. The normalized spacial score (nSPS) is 11.4. The molecule has 0 saturated carbocycles. The summed E-state index contributed by atoms with van der Waals surface area (Å²) in [6, 6.07) is 10.3. The van der Waals surface area contributed by atoms with E-state index in [9.17, 15) is 8.42 Å². The van der Waals surface area contributed by atoms with Gasteiger partial charge in [0.2, 0.25) is 0 Å². The smallest absolute Gasteiger partial charge is 0.299 e. The number of halogens is 1. The van der Waals surface area contributed by atoms with Gasteiger partial charge >= 0.3 is 0 Å². The van der Waals surface area contributed by atoms with Gasteiger partial charge in [-0.3, -0.25) is 0 Å². The molecule has 2 aromatic carbocycles. The molecule has 0 N–H and O–H groups in total. The van der Waals surface area contributed by atoms with Gasteiger partial charge in [0, 0.05) is 16.8 Å². The van der Waals surface area contributed by atoms with Gasteiger partial charge in [0.1, 0.15) is 11.3 Å². The molecule has 0 aliphatic heterocycles. The first-order valence-corrected chi connectivity index (χ1v) is 6.55. The van der Waals surface area contributed by atoms with E-state index < -0.39 is 11.0 Å². The predicted molar refractivity (Wildman–Crippen MR) is 69.7 cm³/mol. The second-order valence-corrected chi connectivity index (χ2v) is 4.73. The lowest BCUT2D eigenvalue weighted by Gasteiger charge is -1.96. The topological polar surface area (TPSA) is 56.5 Å². The first kappa shape index (κ1) is 11.4. The third-order valence-electron chi connectivity index (χ3n) is 2.60. The first-order chi connectivity index (χ1) is 8.65. The Labute approximate surface area is 109 Å². The average molecular weight is 283 g/mol. The highest BCUT2D eigenvalue weighted by molar-refractivity contribution is 7.67. The van der Waals surface area contributed by atoms with Crippen molar-refractivity contribution in [3.05, 3.63) is 41.4 Å². The van der Waals surface area contributed by atoms with E-state index in [4.69, 9.17) is 16.0 Å². The van der Waals surface area contributed by atoms with Gasteiger partial charge in [-0.1, -0.05) is 23.7 Å². The minimum Gasteiger partial charge on any atom is -0.454 e. The monoisotopic (exact) mass is 282 g/mol. The van der Waals surface area contributed by atoms with Gasteiger partial charge in [-0.25, -0.2) is 0 Å². The van der Waals surface area contributed by atoms with E-state index in [2.05, 4.69) is 4.18 Å². The summed E-state index contributed by atoms with van der Waals surface area (Å²) >= 11 is 6.03. The van der Waals surface area contributed by atoms with E-state index in [1.807, 2.05) is 12.1 Å². The van der Waals surface area contributed by atoms with Crippen molar-refractivity contribution in [1.29, 1.82) is 0 Å². The summed E-state index contributed by atoms with van der Waals surface area (Å²) in [5.41, 5.74) is 1.12. The number of thiol groups is 1. The molecule has 18 heavy (non-hydrogen) atoms. The number of fused-ring (bicyclic) bond motifs is 3. The van der Waals surface area contributed by atoms with E-state index in [0.29, 0.717) is 16.2 Å². The minimum atomic E-state index is -2.93. The largest absolute Gasteiger partial charge is 0.454 e. The summed E-state index contributed by atoms with van der Waals surface area (Å²) in [7, 11) is -2.93. The standard InChI is InChI=1S/C12H7ClO4S/c13-10-3-1-2-9-8-5-4-7(17-18(14)15)6-11(8)16-12(9)10/h1-6,18H. The molecule has 92 valence electrons. The Morgan fingerprint density at radius 1 is 1.11 bits per heavy atom. The van der Waals surface area contributed by atoms with Crippen LogP contribution in [0.25, 0.3) is 21.9 Å². The first-order valence-electron chi connectivity index (χ1n) is 5.08. The molecular weight excluding hydrogens is 276 g/mol. The van der Waals surface area contributed by atoms with Crippen molar-refractivity contribution in [1.82, 2.24) is 0 Å². The Morgan fingerprint density at radius 3 is 2.72 bits per heavy atom. The van der Waals surface area contributed by atoms with Crippen LogP contribution >= 0.6 is 11.6 Å². The van der Waals surface area contributed by atoms with Crippen LogP contribution in [0.15, 0.2) is 40.8 Å². The summed E-state index contributed by atoms with van der Waals surface area (Å²) in [6.07, 6.45) is 0. The molecule has 0 atom stereocenters. The second-order valence-electron chi connectivity index (χ2n) is 3.69. The summed E-state index contributed by atoms with van der Waals surface area (Å²) in [4.78, 5) is 0. The molecule has 0 fully saturated rings. The molecule has 0 bridgehead atoms. The highest BCUT2D eigenvalue weighted by Crippen LogP contribution is 2.34. The molecule has 0 radical (unpaired) electrons. The zero-order valence-electron chi connectivity index (χ0n) is 8.92. The van der Waals surface area contributed by atoms with Gasteiger partial charge in [-0.05, 0) is 18.2 Å². The Bertz CT molecular complexity index is 811. The zero-order chi connectivity index (χ0) is 12.7. The molecule has 0 unspecified atom stereocenters. The van der Waals surface area contributed by atoms with Crippen molar-refractivity contribution in [3.8, 4) is 5.75 Å². The number of rotatable bonds is 2. The van der Waals surface area contributed by atoms with Crippen molar-refractivity contribution >= 4 is 44.5 Å². The molecule has 1 aromatic heterocycles. The predicted octanol–water partition coefficient (Wildman–Crippen LogP) is 3.14. The summed E-state index contributed by atoms with van der Waals surface area (Å²) < 4.78 is 31.2. The van der Waals surface area contributed by atoms with Crippen molar-refractivity contribution in [2.45, 2.75) is 0 Å². The fourth-order valence-electron chi connectivity index (χ4n) is 1.89. The van der Waals surface area contributed by atoms with E-state index >= 15 is 0 Å². The van der Waals surface area contributed by atoms with E-state index in [-0.39, 0.29) is 5.75 Å². The maximum Gasteiger partial charge on any atom is 0.299 e. The van der Waals surface area contributed by atoms with Crippen molar-refractivity contribution in [2.24, 2.45) is 0 Å². The number of furan rings is 1. The number of hydrogen-bond donors (Lipinski definition) is 1. The minimum absolute atomic E-state index is 0.216. The third-order valence-corrected chi connectivity index (χ3v) is 3.26. The van der Waals surface area contributed by atoms with E-state index in [1.165, 1.54) is 6.07 Å². The Morgan fingerprint density at radius 2 is 1.94 bits per heavy atom. The van der Waals surface area contributed by atoms with Gasteiger partial charge in [0.15, 0.2) is 5.58 Å². The summed E-state index contributed by atoms with van der Waals surface area (Å²) in [5, 5.41) is 2.26. The number of benzene rings is 2. The molecule has 3 aromatic rings. The molecule has 4 nitrogen and oxygen atoms in total. The van der Waals surface area contributed by atoms with Crippen LogP contribution in [0.2, 0.25) is 5.02 Å². The van der Waals surface area contributed by atoms with Crippen LogP contribution < -0.4 is 4.18 Å². The average Bonchev–Trinajstić information content (AvgIpc) is 2.67. The van der Waals surface area contributed by atoms with Gasteiger partial charge in [-0.15, -0.1) is 0 Å². The molecule has 6 heteroatoms. The van der Waals surface area contributed by atoms with Crippen LogP contribution in [0.1, 0.15) is 0 Å². The van der Waals surface area contributed by atoms with Crippen molar-refractivity contribution in [2.75, 3.05) is 0 Å². The van der Waals surface area contributed by atoms with Gasteiger partial charge in [0.25, 0.3) is 11.0 Å². The summed E-state index contributed by atoms with van der Waals surface area (Å²) in [5.74, 6) is 0.216. The van der Waals surface area contributed by atoms with Crippen LogP contribution in [0.3, 0.4) is 0 Å². The molecule has 0 spiro atoms. The maximum absolute atomic E-state index is 10.5. The van der Waals surface area contributed by atoms with E-state index in [0.717, 1.165) is 10.8 Å². The Kier molecular flexibility index (Phi) is 2.65.